The molecular weight excluding hydrogens is 382 g/mol. The van der Waals surface area contributed by atoms with E-state index in [1.54, 1.807) is 22.8 Å². The van der Waals surface area contributed by atoms with Crippen LogP contribution >= 0.6 is 22.7 Å². The Labute approximate surface area is 166 Å². The van der Waals surface area contributed by atoms with E-state index in [4.69, 9.17) is 0 Å². The van der Waals surface area contributed by atoms with Crippen LogP contribution in [0.25, 0.3) is 0 Å². The molecule has 0 fully saturated rings. The minimum atomic E-state index is -0.113. The Balaban J connectivity index is 1.26. The van der Waals surface area contributed by atoms with Crippen LogP contribution in [0.3, 0.4) is 0 Å². The van der Waals surface area contributed by atoms with Gasteiger partial charge < -0.3 is 15.5 Å². The monoisotopic (exact) mass is 405 g/mol. The van der Waals surface area contributed by atoms with E-state index in [0.717, 1.165) is 13.0 Å². The van der Waals surface area contributed by atoms with Gasteiger partial charge in [-0.05, 0) is 41.3 Å². The zero-order chi connectivity index (χ0) is 19.1. The number of hydrogen-bond acceptors (Lipinski definition) is 5. The summed E-state index contributed by atoms with van der Waals surface area (Å²) in [5.74, 6) is -0.126. The van der Waals surface area contributed by atoms with Gasteiger partial charge in [-0.3, -0.25) is 14.4 Å². The molecule has 0 bridgehead atoms. The third-order valence-electron chi connectivity index (χ3n) is 4.47. The Hall–Kier alpha value is -2.19. The normalized spacial score (nSPS) is 13.1. The summed E-state index contributed by atoms with van der Waals surface area (Å²) in [5.41, 5.74) is 1.89. The van der Waals surface area contributed by atoms with Gasteiger partial charge in [-0.2, -0.15) is 11.3 Å². The molecule has 0 saturated heterocycles. The van der Waals surface area contributed by atoms with Crippen LogP contribution in [0.1, 0.15) is 40.1 Å². The number of hydrogen-bond donors (Lipinski definition) is 2. The van der Waals surface area contributed by atoms with E-state index in [0.29, 0.717) is 44.5 Å². The highest BCUT2D eigenvalue weighted by Crippen LogP contribution is 2.24. The van der Waals surface area contributed by atoms with Crippen molar-refractivity contribution in [2.24, 2.45) is 0 Å². The van der Waals surface area contributed by atoms with Gasteiger partial charge >= 0.3 is 0 Å². The average Bonchev–Trinajstić information content (AvgIpc) is 3.35. The van der Waals surface area contributed by atoms with E-state index >= 15 is 0 Å². The molecule has 0 spiro atoms. The average molecular weight is 406 g/mol. The van der Waals surface area contributed by atoms with Gasteiger partial charge in [-0.25, -0.2) is 0 Å². The topological polar surface area (TPSA) is 78.5 Å². The van der Waals surface area contributed by atoms with Crippen molar-refractivity contribution in [3.63, 3.8) is 0 Å². The van der Waals surface area contributed by atoms with Crippen molar-refractivity contribution in [3.05, 3.63) is 44.3 Å². The van der Waals surface area contributed by atoms with Crippen LogP contribution in [0.2, 0.25) is 0 Å². The van der Waals surface area contributed by atoms with Crippen LogP contribution in [0.15, 0.2) is 28.3 Å². The molecule has 8 heteroatoms. The number of thiophene rings is 2. The summed E-state index contributed by atoms with van der Waals surface area (Å²) in [5, 5.41) is 11.3. The minimum Gasteiger partial charge on any atom is -0.356 e. The minimum absolute atomic E-state index is 0.0789. The lowest BCUT2D eigenvalue weighted by Crippen LogP contribution is -2.37. The Morgan fingerprint density at radius 2 is 1.96 bits per heavy atom. The molecule has 1 aliphatic heterocycles. The van der Waals surface area contributed by atoms with Crippen LogP contribution in [0, 0.1) is 0 Å². The zero-order valence-corrected chi connectivity index (χ0v) is 16.7. The molecule has 1 aliphatic rings. The molecule has 0 radical (unpaired) electrons. The molecule has 0 atom stereocenters. The highest BCUT2D eigenvalue weighted by molar-refractivity contribution is 7.10. The maximum atomic E-state index is 12.3. The SMILES string of the molecule is O=C(CCCNC(=O)c1ccsc1)NCCC(=O)N1CCc2sccc2C1. The van der Waals surface area contributed by atoms with E-state index < -0.39 is 0 Å². The summed E-state index contributed by atoms with van der Waals surface area (Å²) in [6.07, 6.45) is 2.14. The lowest BCUT2D eigenvalue weighted by Gasteiger charge is -2.27. The number of rotatable bonds is 8. The molecular formula is C19H23N3O3S2. The van der Waals surface area contributed by atoms with Gasteiger partial charge in [0.15, 0.2) is 0 Å². The van der Waals surface area contributed by atoms with Crippen molar-refractivity contribution in [1.29, 1.82) is 0 Å². The highest BCUT2D eigenvalue weighted by atomic mass is 32.1. The van der Waals surface area contributed by atoms with E-state index in [-0.39, 0.29) is 17.7 Å². The molecule has 3 rings (SSSR count). The fourth-order valence-corrected chi connectivity index (χ4v) is 4.49. The molecule has 0 unspecified atom stereocenters. The van der Waals surface area contributed by atoms with Crippen LogP contribution in [0.5, 0.6) is 0 Å². The first-order valence-corrected chi connectivity index (χ1v) is 10.9. The van der Waals surface area contributed by atoms with E-state index in [1.807, 2.05) is 10.3 Å². The van der Waals surface area contributed by atoms with Gasteiger partial charge in [0, 0.05) is 54.8 Å². The van der Waals surface area contributed by atoms with E-state index in [2.05, 4.69) is 22.1 Å². The van der Waals surface area contributed by atoms with Crippen LogP contribution in [-0.4, -0.2) is 42.3 Å². The van der Waals surface area contributed by atoms with Crippen LogP contribution in [-0.2, 0) is 22.6 Å². The summed E-state index contributed by atoms with van der Waals surface area (Å²) >= 11 is 3.23. The Kier molecular flexibility index (Phi) is 7.00. The highest BCUT2D eigenvalue weighted by Gasteiger charge is 2.21. The third kappa shape index (κ3) is 5.64. The van der Waals surface area contributed by atoms with Crippen molar-refractivity contribution in [1.82, 2.24) is 15.5 Å². The number of nitrogens with zero attached hydrogens (tertiary/aromatic N) is 1. The number of carbonyl (C=O) groups excluding carboxylic acids is 3. The van der Waals surface area contributed by atoms with E-state index in [1.165, 1.54) is 21.8 Å². The first kappa shape index (κ1) is 19.6. The Bertz CT molecular complexity index is 786. The second-order valence-electron chi connectivity index (χ2n) is 6.41. The zero-order valence-electron chi connectivity index (χ0n) is 15.0. The maximum absolute atomic E-state index is 12.3. The maximum Gasteiger partial charge on any atom is 0.252 e. The number of fused-ring (bicyclic) bond motifs is 1. The summed E-state index contributed by atoms with van der Waals surface area (Å²) in [4.78, 5) is 39.1. The van der Waals surface area contributed by atoms with Gasteiger partial charge in [0.05, 0.1) is 0 Å². The molecule has 2 N–H and O–H groups in total. The molecule has 3 amide bonds. The fourth-order valence-electron chi connectivity index (χ4n) is 2.96. The summed E-state index contributed by atoms with van der Waals surface area (Å²) < 4.78 is 0. The number of nitrogens with one attached hydrogen (secondary N) is 2. The predicted molar refractivity (Wildman–Crippen MR) is 107 cm³/mol. The van der Waals surface area contributed by atoms with Gasteiger partial charge in [-0.1, -0.05) is 0 Å². The standard InChI is InChI=1S/C19H23N3O3S2/c23-17(2-1-7-21-19(25)15-5-10-26-13-15)20-8-3-18(24)22-9-4-16-14(12-22)6-11-27-16/h5-6,10-11,13H,1-4,7-9,12H2,(H,20,23)(H,21,25). The Morgan fingerprint density at radius 1 is 1.07 bits per heavy atom. The lowest BCUT2D eigenvalue weighted by atomic mass is 10.1. The van der Waals surface area contributed by atoms with Crippen LogP contribution in [0.4, 0.5) is 0 Å². The van der Waals surface area contributed by atoms with Crippen molar-refractivity contribution in [2.75, 3.05) is 19.6 Å². The molecule has 0 saturated carbocycles. The van der Waals surface area contributed by atoms with Crippen molar-refractivity contribution in [3.8, 4) is 0 Å². The summed E-state index contributed by atoms with van der Waals surface area (Å²) in [7, 11) is 0. The second-order valence-corrected chi connectivity index (χ2v) is 8.19. The van der Waals surface area contributed by atoms with Crippen LogP contribution < -0.4 is 10.6 Å². The molecule has 6 nitrogen and oxygen atoms in total. The smallest absolute Gasteiger partial charge is 0.252 e. The quantitative estimate of drug-likeness (QED) is 0.662. The first-order valence-electron chi connectivity index (χ1n) is 9.03. The second kappa shape index (κ2) is 9.66. The molecule has 27 heavy (non-hydrogen) atoms. The summed E-state index contributed by atoms with van der Waals surface area (Å²) in [6, 6.07) is 3.85. The van der Waals surface area contributed by atoms with Crippen molar-refractivity contribution >= 4 is 40.4 Å². The lowest BCUT2D eigenvalue weighted by molar-refractivity contribution is -0.132. The molecule has 2 aromatic rings. The fraction of sp³-hybridized carbons (Fsp3) is 0.421. The van der Waals surface area contributed by atoms with Gasteiger partial charge in [0.2, 0.25) is 11.8 Å². The van der Waals surface area contributed by atoms with Gasteiger partial charge in [-0.15, -0.1) is 11.3 Å². The molecule has 0 aliphatic carbocycles. The third-order valence-corrected chi connectivity index (χ3v) is 6.18. The molecule has 144 valence electrons. The van der Waals surface area contributed by atoms with Crippen molar-refractivity contribution in [2.45, 2.75) is 32.2 Å². The van der Waals surface area contributed by atoms with Crippen molar-refractivity contribution < 1.29 is 14.4 Å². The Morgan fingerprint density at radius 3 is 2.78 bits per heavy atom. The van der Waals surface area contributed by atoms with E-state index in [9.17, 15) is 14.4 Å². The van der Waals surface area contributed by atoms with Gasteiger partial charge in [0.1, 0.15) is 0 Å². The predicted octanol–water partition coefficient (Wildman–Crippen LogP) is 2.41. The first-order chi connectivity index (χ1) is 13.1. The molecule has 0 aromatic carbocycles. The van der Waals surface area contributed by atoms with Gasteiger partial charge in [0.25, 0.3) is 5.91 Å². The largest absolute Gasteiger partial charge is 0.356 e. The molecule has 2 aromatic heterocycles. The molecule has 3 heterocycles. The summed E-state index contributed by atoms with van der Waals surface area (Å²) in [6.45, 7) is 2.24. The number of amides is 3. The number of carbonyl (C=O) groups is 3.